The van der Waals surface area contributed by atoms with E-state index in [1.54, 1.807) is 24.3 Å². The number of nitriles is 1. The third kappa shape index (κ3) is 6.33. The topological polar surface area (TPSA) is 74.2 Å². The van der Waals surface area contributed by atoms with Gasteiger partial charge in [0.15, 0.2) is 0 Å². The predicted octanol–water partition coefficient (Wildman–Crippen LogP) is 4.60. The predicted molar refractivity (Wildman–Crippen MR) is 103 cm³/mol. The normalized spacial score (nSPS) is 10.7. The van der Waals surface area contributed by atoms with Crippen LogP contribution in [0.5, 0.6) is 11.5 Å². The number of ether oxygens (including phenoxy) is 1. The van der Waals surface area contributed by atoms with Gasteiger partial charge in [0, 0.05) is 18.4 Å². The van der Waals surface area contributed by atoms with Crippen LogP contribution in [0.4, 0.5) is 5.69 Å². The minimum Gasteiger partial charge on any atom is -0.457 e. The molecular weight excluding hydrogens is 326 g/mol. The van der Waals surface area contributed by atoms with Crippen LogP contribution in [-0.2, 0) is 4.79 Å². The highest BCUT2D eigenvalue weighted by atomic mass is 16.5. The maximum absolute atomic E-state index is 12.2. The van der Waals surface area contributed by atoms with Gasteiger partial charge in [0.2, 0.25) is 0 Å². The number of hydrogen-bond donors (Lipinski definition) is 2. The SMILES string of the molecule is CCCCCN/C=C(/C#N)C(=O)Nc1ccc(Oc2ccccc2)cc1. The van der Waals surface area contributed by atoms with E-state index >= 15 is 0 Å². The van der Waals surface area contributed by atoms with Crippen molar-refractivity contribution in [1.29, 1.82) is 5.26 Å². The number of hydrogen-bond acceptors (Lipinski definition) is 4. The Morgan fingerprint density at radius 2 is 1.77 bits per heavy atom. The highest BCUT2D eigenvalue weighted by Gasteiger charge is 2.09. The van der Waals surface area contributed by atoms with Gasteiger partial charge >= 0.3 is 0 Å². The lowest BCUT2D eigenvalue weighted by atomic mass is 10.2. The summed E-state index contributed by atoms with van der Waals surface area (Å²) in [6.07, 6.45) is 4.72. The van der Waals surface area contributed by atoms with Crippen LogP contribution >= 0.6 is 0 Å². The highest BCUT2D eigenvalue weighted by Crippen LogP contribution is 2.22. The first-order valence-corrected chi connectivity index (χ1v) is 8.71. The molecule has 2 rings (SSSR count). The Morgan fingerprint density at radius 3 is 2.42 bits per heavy atom. The van der Waals surface area contributed by atoms with Gasteiger partial charge in [-0.1, -0.05) is 38.0 Å². The molecule has 0 saturated carbocycles. The molecule has 1 amide bonds. The average molecular weight is 349 g/mol. The third-order valence-corrected chi connectivity index (χ3v) is 3.63. The van der Waals surface area contributed by atoms with Crippen molar-refractivity contribution in [2.24, 2.45) is 0 Å². The van der Waals surface area contributed by atoms with Gasteiger partial charge in [-0.25, -0.2) is 0 Å². The van der Waals surface area contributed by atoms with E-state index in [-0.39, 0.29) is 5.57 Å². The first kappa shape index (κ1) is 19.1. The van der Waals surface area contributed by atoms with Crippen molar-refractivity contribution in [3.8, 4) is 17.6 Å². The fourth-order valence-electron chi connectivity index (χ4n) is 2.23. The minimum absolute atomic E-state index is 0.0473. The van der Waals surface area contributed by atoms with Crippen LogP contribution in [0, 0.1) is 11.3 Å². The fourth-order valence-corrected chi connectivity index (χ4v) is 2.23. The summed E-state index contributed by atoms with van der Waals surface area (Å²) in [6, 6.07) is 18.4. The van der Waals surface area contributed by atoms with Crippen molar-refractivity contribution in [3.63, 3.8) is 0 Å². The Hall–Kier alpha value is -3.26. The molecule has 0 aliphatic carbocycles. The number of nitrogens with one attached hydrogen (secondary N) is 2. The Balaban J connectivity index is 1.89. The summed E-state index contributed by atoms with van der Waals surface area (Å²) in [4.78, 5) is 12.2. The Bertz CT molecular complexity index is 762. The molecule has 0 aromatic heterocycles. The molecule has 0 spiro atoms. The van der Waals surface area contributed by atoms with Crippen molar-refractivity contribution < 1.29 is 9.53 Å². The number of para-hydroxylation sites is 1. The molecule has 0 unspecified atom stereocenters. The van der Waals surface area contributed by atoms with Gasteiger partial charge < -0.3 is 15.4 Å². The molecule has 0 fully saturated rings. The first-order chi connectivity index (χ1) is 12.7. The highest BCUT2D eigenvalue weighted by molar-refractivity contribution is 6.06. The minimum atomic E-state index is -0.438. The van der Waals surface area contributed by atoms with Crippen LogP contribution in [-0.4, -0.2) is 12.5 Å². The van der Waals surface area contributed by atoms with Crippen molar-refractivity contribution in [2.75, 3.05) is 11.9 Å². The fraction of sp³-hybridized carbons (Fsp3) is 0.238. The average Bonchev–Trinajstić information content (AvgIpc) is 2.67. The Kier molecular flexibility index (Phi) is 7.75. The van der Waals surface area contributed by atoms with E-state index in [1.165, 1.54) is 6.20 Å². The van der Waals surface area contributed by atoms with E-state index in [0.29, 0.717) is 11.4 Å². The van der Waals surface area contributed by atoms with Crippen LogP contribution in [0.3, 0.4) is 0 Å². The van der Waals surface area contributed by atoms with Gasteiger partial charge in [-0.15, -0.1) is 0 Å². The monoisotopic (exact) mass is 349 g/mol. The lowest BCUT2D eigenvalue weighted by Gasteiger charge is -2.08. The summed E-state index contributed by atoms with van der Waals surface area (Å²) in [5.74, 6) is 0.975. The Labute approximate surface area is 154 Å². The lowest BCUT2D eigenvalue weighted by molar-refractivity contribution is -0.112. The van der Waals surface area contributed by atoms with Gasteiger partial charge in [-0.3, -0.25) is 4.79 Å². The molecule has 0 atom stereocenters. The van der Waals surface area contributed by atoms with Crippen molar-refractivity contribution in [3.05, 3.63) is 66.4 Å². The second-order valence-electron chi connectivity index (χ2n) is 5.72. The largest absolute Gasteiger partial charge is 0.457 e. The second kappa shape index (κ2) is 10.6. The first-order valence-electron chi connectivity index (χ1n) is 8.71. The summed E-state index contributed by atoms with van der Waals surface area (Å²) < 4.78 is 5.71. The molecule has 5 nitrogen and oxygen atoms in total. The zero-order valence-electron chi connectivity index (χ0n) is 14.9. The number of carbonyl (C=O) groups is 1. The standard InChI is InChI=1S/C21H23N3O2/c1-2-3-7-14-23-16-17(15-22)21(25)24-18-10-12-20(13-11-18)26-19-8-5-4-6-9-19/h4-6,8-13,16,23H,2-3,7,14H2,1H3,(H,24,25)/b17-16-. The molecule has 5 heteroatoms. The van der Waals surface area contributed by atoms with Gasteiger partial charge in [0.05, 0.1) is 0 Å². The number of benzene rings is 2. The molecule has 0 bridgehead atoms. The number of carbonyl (C=O) groups excluding carboxylic acids is 1. The zero-order valence-corrected chi connectivity index (χ0v) is 14.9. The van der Waals surface area contributed by atoms with Gasteiger partial charge in [-0.2, -0.15) is 5.26 Å². The van der Waals surface area contributed by atoms with E-state index in [1.807, 2.05) is 36.4 Å². The van der Waals surface area contributed by atoms with Gasteiger partial charge in [-0.05, 0) is 42.8 Å². The molecule has 0 aliphatic heterocycles. The van der Waals surface area contributed by atoms with E-state index in [0.717, 1.165) is 31.6 Å². The van der Waals surface area contributed by atoms with E-state index in [9.17, 15) is 4.79 Å². The van der Waals surface area contributed by atoms with Gasteiger partial charge in [0.1, 0.15) is 23.1 Å². The molecular formula is C21H23N3O2. The molecule has 0 saturated heterocycles. The Morgan fingerprint density at radius 1 is 1.08 bits per heavy atom. The third-order valence-electron chi connectivity index (χ3n) is 3.63. The number of rotatable bonds is 9. The molecule has 0 radical (unpaired) electrons. The quantitative estimate of drug-likeness (QED) is 0.394. The van der Waals surface area contributed by atoms with Crippen molar-refractivity contribution >= 4 is 11.6 Å². The van der Waals surface area contributed by atoms with Crippen LogP contribution < -0.4 is 15.4 Å². The maximum atomic E-state index is 12.2. The lowest BCUT2D eigenvalue weighted by Crippen LogP contribution is -2.17. The van der Waals surface area contributed by atoms with Crippen LogP contribution in [0.2, 0.25) is 0 Å². The summed E-state index contributed by atoms with van der Waals surface area (Å²) in [5.41, 5.74) is 0.647. The summed E-state index contributed by atoms with van der Waals surface area (Å²) in [6.45, 7) is 2.87. The molecule has 2 aromatic carbocycles. The molecule has 2 aromatic rings. The summed E-state index contributed by atoms with van der Waals surface area (Å²) in [7, 11) is 0. The van der Waals surface area contributed by atoms with E-state index in [4.69, 9.17) is 10.00 Å². The molecule has 0 aliphatic rings. The van der Waals surface area contributed by atoms with Crippen molar-refractivity contribution in [1.82, 2.24) is 5.32 Å². The maximum Gasteiger partial charge on any atom is 0.267 e. The summed E-state index contributed by atoms with van der Waals surface area (Å²) in [5, 5.41) is 14.9. The van der Waals surface area contributed by atoms with E-state index < -0.39 is 5.91 Å². The van der Waals surface area contributed by atoms with Crippen molar-refractivity contribution in [2.45, 2.75) is 26.2 Å². The summed E-state index contributed by atoms with van der Waals surface area (Å²) >= 11 is 0. The molecule has 134 valence electrons. The number of unbranched alkanes of at least 4 members (excludes halogenated alkanes) is 2. The number of amides is 1. The molecule has 0 heterocycles. The zero-order chi connectivity index (χ0) is 18.6. The van der Waals surface area contributed by atoms with Gasteiger partial charge in [0.25, 0.3) is 5.91 Å². The smallest absolute Gasteiger partial charge is 0.267 e. The second-order valence-corrected chi connectivity index (χ2v) is 5.72. The van der Waals surface area contributed by atoms with E-state index in [2.05, 4.69) is 17.6 Å². The number of anilines is 1. The van der Waals surface area contributed by atoms with Crippen LogP contribution in [0.15, 0.2) is 66.4 Å². The van der Waals surface area contributed by atoms with Crippen LogP contribution in [0.1, 0.15) is 26.2 Å². The number of nitrogens with zero attached hydrogens (tertiary/aromatic N) is 1. The molecule has 26 heavy (non-hydrogen) atoms. The van der Waals surface area contributed by atoms with Crippen LogP contribution in [0.25, 0.3) is 0 Å². The molecule has 2 N–H and O–H groups in total.